The number of hydrogen-bond acceptors (Lipinski definition) is 6. The summed E-state index contributed by atoms with van der Waals surface area (Å²) in [5.41, 5.74) is 0.848. The van der Waals surface area contributed by atoms with Gasteiger partial charge in [-0.2, -0.15) is 0 Å². The SMILES string of the molecule is CC(=O)C1C(=O)CC2CC3Cc4cccc(O)c4C(=O)C3C(=O)C2C1=O. The molecule has 0 spiro atoms. The Kier molecular flexibility index (Phi) is 3.68. The Balaban J connectivity index is 1.75. The van der Waals surface area contributed by atoms with Crippen molar-refractivity contribution in [3.8, 4) is 5.75 Å². The van der Waals surface area contributed by atoms with Crippen LogP contribution in [-0.2, 0) is 25.6 Å². The van der Waals surface area contributed by atoms with E-state index in [1.807, 2.05) is 0 Å². The normalized spacial score (nSPS) is 33.3. The molecule has 0 bridgehead atoms. The van der Waals surface area contributed by atoms with Gasteiger partial charge in [0.15, 0.2) is 23.1 Å². The molecule has 0 amide bonds. The van der Waals surface area contributed by atoms with Crippen LogP contribution in [0.5, 0.6) is 5.75 Å². The molecule has 0 aliphatic heterocycles. The number of aromatic hydroxyl groups is 1. The molecule has 134 valence electrons. The molecule has 0 radical (unpaired) electrons. The fourth-order valence-corrected chi connectivity index (χ4v) is 5.06. The van der Waals surface area contributed by atoms with Crippen molar-refractivity contribution in [1.29, 1.82) is 0 Å². The average molecular weight is 354 g/mol. The van der Waals surface area contributed by atoms with E-state index < -0.39 is 52.6 Å². The van der Waals surface area contributed by atoms with Crippen LogP contribution in [0.4, 0.5) is 0 Å². The highest BCUT2D eigenvalue weighted by Crippen LogP contribution is 2.47. The van der Waals surface area contributed by atoms with E-state index in [4.69, 9.17) is 0 Å². The molecule has 1 aromatic carbocycles. The van der Waals surface area contributed by atoms with E-state index in [-0.39, 0.29) is 23.7 Å². The first-order valence-electron chi connectivity index (χ1n) is 8.77. The Morgan fingerprint density at radius 2 is 1.69 bits per heavy atom. The van der Waals surface area contributed by atoms with Crippen molar-refractivity contribution < 1.29 is 29.1 Å². The second kappa shape index (κ2) is 5.69. The van der Waals surface area contributed by atoms with Gasteiger partial charge in [0, 0.05) is 6.42 Å². The first kappa shape index (κ1) is 16.8. The molecular formula is C20H18O6. The van der Waals surface area contributed by atoms with Gasteiger partial charge < -0.3 is 5.11 Å². The number of hydrogen-bond donors (Lipinski definition) is 1. The predicted molar refractivity (Wildman–Crippen MR) is 88.5 cm³/mol. The first-order valence-corrected chi connectivity index (χ1v) is 8.77. The lowest BCUT2D eigenvalue weighted by molar-refractivity contribution is -0.152. The van der Waals surface area contributed by atoms with Gasteiger partial charge in [-0.1, -0.05) is 12.1 Å². The summed E-state index contributed by atoms with van der Waals surface area (Å²) in [6.07, 6.45) is 0.897. The molecule has 5 atom stereocenters. The van der Waals surface area contributed by atoms with E-state index in [1.165, 1.54) is 13.0 Å². The molecule has 1 N–H and O–H groups in total. The first-order chi connectivity index (χ1) is 12.3. The summed E-state index contributed by atoms with van der Waals surface area (Å²) in [6, 6.07) is 4.81. The predicted octanol–water partition coefficient (Wildman–Crippen LogP) is 1.32. The lowest BCUT2D eigenvalue weighted by atomic mass is 9.56. The Morgan fingerprint density at radius 1 is 1.00 bits per heavy atom. The van der Waals surface area contributed by atoms with E-state index in [2.05, 4.69) is 0 Å². The third kappa shape index (κ3) is 2.21. The van der Waals surface area contributed by atoms with Crippen molar-refractivity contribution >= 4 is 28.9 Å². The van der Waals surface area contributed by atoms with Gasteiger partial charge in [-0.3, -0.25) is 24.0 Å². The number of rotatable bonds is 1. The Bertz CT molecular complexity index is 882. The smallest absolute Gasteiger partial charge is 0.177 e. The quantitative estimate of drug-likeness (QED) is 0.763. The molecule has 2 fully saturated rings. The van der Waals surface area contributed by atoms with E-state index in [0.29, 0.717) is 18.4 Å². The number of ketones is 5. The minimum Gasteiger partial charge on any atom is -0.507 e. The summed E-state index contributed by atoms with van der Waals surface area (Å²) >= 11 is 0. The van der Waals surface area contributed by atoms with Crippen molar-refractivity contribution in [2.45, 2.75) is 26.2 Å². The van der Waals surface area contributed by atoms with Crippen molar-refractivity contribution in [1.82, 2.24) is 0 Å². The minimum atomic E-state index is -1.38. The zero-order valence-corrected chi connectivity index (χ0v) is 14.2. The minimum absolute atomic E-state index is 0.0245. The highest BCUT2D eigenvalue weighted by molar-refractivity contribution is 6.27. The van der Waals surface area contributed by atoms with Crippen LogP contribution in [0.3, 0.4) is 0 Å². The van der Waals surface area contributed by atoms with Gasteiger partial charge in [0.05, 0.1) is 17.4 Å². The highest BCUT2D eigenvalue weighted by Gasteiger charge is 2.57. The van der Waals surface area contributed by atoms with Crippen molar-refractivity contribution in [3.63, 3.8) is 0 Å². The number of phenols is 1. The lowest BCUT2D eigenvalue weighted by Gasteiger charge is -2.44. The molecule has 1 aromatic rings. The average Bonchev–Trinajstić information content (AvgIpc) is 2.53. The van der Waals surface area contributed by atoms with Gasteiger partial charge >= 0.3 is 0 Å². The van der Waals surface area contributed by atoms with Crippen LogP contribution in [0.1, 0.15) is 35.7 Å². The van der Waals surface area contributed by atoms with Crippen molar-refractivity contribution in [2.75, 3.05) is 0 Å². The summed E-state index contributed by atoms with van der Waals surface area (Å²) in [5.74, 6) is -6.88. The standard InChI is InChI=1S/C20H18O6/c1-8(21)14-13(23)7-11-6-10-5-9-3-2-4-12(22)15(9)19(25)16(10)20(26)17(11)18(14)24/h2-4,10-11,14,16-17,22H,5-7H2,1H3. The van der Waals surface area contributed by atoms with E-state index >= 15 is 0 Å². The zero-order chi connectivity index (χ0) is 18.7. The molecule has 3 aliphatic rings. The Labute approximate surface area is 149 Å². The third-order valence-corrected chi connectivity index (χ3v) is 6.08. The summed E-state index contributed by atoms with van der Waals surface area (Å²) in [6.45, 7) is 1.18. The molecule has 4 rings (SSSR count). The monoisotopic (exact) mass is 354 g/mol. The van der Waals surface area contributed by atoms with Gasteiger partial charge in [-0.15, -0.1) is 0 Å². The summed E-state index contributed by atoms with van der Waals surface area (Å²) in [5, 5.41) is 10.0. The lowest BCUT2D eigenvalue weighted by Crippen LogP contribution is -2.55. The summed E-state index contributed by atoms with van der Waals surface area (Å²) in [7, 11) is 0. The number of carbonyl (C=O) groups excluding carboxylic acids is 5. The molecule has 0 heterocycles. The topological polar surface area (TPSA) is 106 Å². The zero-order valence-electron chi connectivity index (χ0n) is 14.2. The maximum Gasteiger partial charge on any atom is 0.177 e. The Hall–Kier alpha value is -2.63. The molecule has 6 nitrogen and oxygen atoms in total. The summed E-state index contributed by atoms with van der Waals surface area (Å²) in [4.78, 5) is 62.6. The van der Waals surface area contributed by atoms with Gasteiger partial charge in [-0.05, 0) is 43.2 Å². The van der Waals surface area contributed by atoms with E-state index in [9.17, 15) is 29.1 Å². The molecular weight excluding hydrogens is 336 g/mol. The largest absolute Gasteiger partial charge is 0.507 e. The Morgan fingerprint density at radius 3 is 2.38 bits per heavy atom. The number of phenolic OH excluding ortho intramolecular Hbond substituents is 1. The molecule has 3 aliphatic carbocycles. The molecule has 0 aromatic heterocycles. The maximum absolute atomic E-state index is 13.1. The maximum atomic E-state index is 13.1. The molecule has 0 saturated heterocycles. The second-order valence-electron chi connectivity index (χ2n) is 7.61. The number of Topliss-reactive ketones (excluding diaryl/α,β-unsaturated/α-hetero) is 5. The van der Waals surface area contributed by atoms with Crippen molar-refractivity contribution in [3.05, 3.63) is 29.3 Å². The molecule has 6 heteroatoms. The fourth-order valence-electron chi connectivity index (χ4n) is 5.06. The van der Waals surface area contributed by atoms with Crippen LogP contribution in [0.25, 0.3) is 0 Å². The molecule has 5 unspecified atom stereocenters. The van der Waals surface area contributed by atoms with Crippen LogP contribution in [0.2, 0.25) is 0 Å². The van der Waals surface area contributed by atoms with Gasteiger partial charge in [-0.25, -0.2) is 0 Å². The third-order valence-electron chi connectivity index (χ3n) is 6.08. The van der Waals surface area contributed by atoms with Gasteiger partial charge in [0.1, 0.15) is 17.5 Å². The highest BCUT2D eigenvalue weighted by atomic mass is 16.3. The van der Waals surface area contributed by atoms with Crippen LogP contribution >= 0.6 is 0 Å². The molecule has 26 heavy (non-hydrogen) atoms. The van der Waals surface area contributed by atoms with Crippen molar-refractivity contribution in [2.24, 2.45) is 29.6 Å². The number of benzene rings is 1. The van der Waals surface area contributed by atoms with Crippen LogP contribution < -0.4 is 0 Å². The van der Waals surface area contributed by atoms with Gasteiger partial charge in [0.25, 0.3) is 0 Å². The number of carbonyl (C=O) groups is 5. The molecule has 2 saturated carbocycles. The second-order valence-corrected chi connectivity index (χ2v) is 7.61. The van der Waals surface area contributed by atoms with Crippen LogP contribution in [0, 0.1) is 29.6 Å². The fraction of sp³-hybridized carbons (Fsp3) is 0.450. The number of fused-ring (bicyclic) bond motifs is 3. The summed E-state index contributed by atoms with van der Waals surface area (Å²) < 4.78 is 0. The van der Waals surface area contributed by atoms with Crippen LogP contribution in [0.15, 0.2) is 18.2 Å². The van der Waals surface area contributed by atoms with Crippen LogP contribution in [-0.4, -0.2) is 34.0 Å². The van der Waals surface area contributed by atoms with Gasteiger partial charge in [0.2, 0.25) is 0 Å². The van der Waals surface area contributed by atoms with E-state index in [0.717, 1.165) is 0 Å². The van der Waals surface area contributed by atoms with E-state index in [1.54, 1.807) is 12.1 Å².